The SMILES string of the molecule is CCc1ccccc1NC(=O)C[NH+](C)[C@H](C)C(=O)Nc1ccc(F)cc1Cl. The summed E-state index contributed by atoms with van der Waals surface area (Å²) >= 11 is 5.94. The Morgan fingerprint density at radius 2 is 1.85 bits per heavy atom. The molecular weight excluding hydrogens is 369 g/mol. The molecule has 0 aromatic heterocycles. The molecule has 2 atom stereocenters. The van der Waals surface area contributed by atoms with Crippen molar-refractivity contribution < 1.29 is 18.9 Å². The van der Waals surface area contributed by atoms with Crippen LogP contribution in [0.5, 0.6) is 0 Å². The Morgan fingerprint density at radius 1 is 1.15 bits per heavy atom. The minimum absolute atomic E-state index is 0.127. The van der Waals surface area contributed by atoms with Crippen molar-refractivity contribution in [3.8, 4) is 0 Å². The van der Waals surface area contributed by atoms with E-state index in [4.69, 9.17) is 11.6 Å². The lowest BCUT2D eigenvalue weighted by atomic mass is 10.1. The fourth-order valence-corrected chi connectivity index (χ4v) is 2.82. The average Bonchev–Trinajstić information content (AvgIpc) is 2.63. The summed E-state index contributed by atoms with van der Waals surface area (Å²) in [6.07, 6.45) is 0.816. The van der Waals surface area contributed by atoms with Gasteiger partial charge in [-0.15, -0.1) is 0 Å². The molecule has 0 bridgehead atoms. The largest absolute Gasteiger partial charge is 0.321 e. The van der Waals surface area contributed by atoms with Gasteiger partial charge in [-0.3, -0.25) is 9.59 Å². The number of anilines is 2. The minimum Gasteiger partial charge on any atom is -0.321 e. The number of para-hydroxylation sites is 1. The highest BCUT2D eigenvalue weighted by Crippen LogP contribution is 2.22. The maximum Gasteiger partial charge on any atom is 0.282 e. The van der Waals surface area contributed by atoms with E-state index >= 15 is 0 Å². The van der Waals surface area contributed by atoms with E-state index in [1.165, 1.54) is 12.1 Å². The van der Waals surface area contributed by atoms with Gasteiger partial charge in [0.25, 0.3) is 11.8 Å². The first kappa shape index (κ1) is 20.9. The molecule has 1 unspecified atom stereocenters. The number of nitrogens with one attached hydrogen (secondary N) is 3. The average molecular weight is 393 g/mol. The normalized spacial score (nSPS) is 12.9. The molecule has 0 aliphatic heterocycles. The molecule has 2 rings (SSSR count). The van der Waals surface area contributed by atoms with Crippen molar-refractivity contribution in [2.75, 3.05) is 24.2 Å². The van der Waals surface area contributed by atoms with E-state index in [-0.39, 0.29) is 23.4 Å². The highest BCUT2D eigenvalue weighted by molar-refractivity contribution is 6.33. The smallest absolute Gasteiger partial charge is 0.282 e. The van der Waals surface area contributed by atoms with Crippen LogP contribution >= 0.6 is 11.6 Å². The molecule has 0 fully saturated rings. The predicted molar refractivity (Wildman–Crippen MR) is 106 cm³/mol. The third kappa shape index (κ3) is 5.77. The van der Waals surface area contributed by atoms with Crippen molar-refractivity contribution in [3.05, 3.63) is 58.9 Å². The number of halogens is 2. The van der Waals surface area contributed by atoms with Crippen LogP contribution in [-0.4, -0.2) is 31.4 Å². The second-order valence-electron chi connectivity index (χ2n) is 6.42. The van der Waals surface area contributed by atoms with Crippen molar-refractivity contribution in [2.24, 2.45) is 0 Å². The molecule has 3 N–H and O–H groups in total. The lowest BCUT2D eigenvalue weighted by Gasteiger charge is -2.21. The maximum absolute atomic E-state index is 13.1. The first-order valence-corrected chi connectivity index (χ1v) is 9.15. The van der Waals surface area contributed by atoms with Gasteiger partial charge in [-0.2, -0.15) is 0 Å². The van der Waals surface area contributed by atoms with Crippen LogP contribution < -0.4 is 15.5 Å². The van der Waals surface area contributed by atoms with E-state index < -0.39 is 11.9 Å². The molecule has 144 valence electrons. The Kier molecular flexibility index (Phi) is 7.33. The fraction of sp³-hybridized carbons (Fsp3) is 0.300. The number of carbonyl (C=O) groups is 2. The van der Waals surface area contributed by atoms with Crippen LogP contribution in [0.3, 0.4) is 0 Å². The van der Waals surface area contributed by atoms with E-state index in [0.717, 1.165) is 28.6 Å². The number of hydrogen-bond donors (Lipinski definition) is 3. The monoisotopic (exact) mass is 392 g/mol. The van der Waals surface area contributed by atoms with Gasteiger partial charge < -0.3 is 15.5 Å². The van der Waals surface area contributed by atoms with Crippen LogP contribution in [-0.2, 0) is 16.0 Å². The highest BCUT2D eigenvalue weighted by Gasteiger charge is 2.24. The van der Waals surface area contributed by atoms with E-state index in [1.807, 2.05) is 31.2 Å². The Balaban J connectivity index is 1.94. The van der Waals surface area contributed by atoms with Gasteiger partial charge in [0.2, 0.25) is 0 Å². The molecule has 0 heterocycles. The molecular formula is C20H24ClFN3O2+. The highest BCUT2D eigenvalue weighted by atomic mass is 35.5. The zero-order valence-electron chi connectivity index (χ0n) is 15.6. The van der Waals surface area contributed by atoms with E-state index in [2.05, 4.69) is 10.6 Å². The number of amides is 2. The maximum atomic E-state index is 13.1. The summed E-state index contributed by atoms with van der Waals surface area (Å²) < 4.78 is 13.1. The van der Waals surface area contributed by atoms with Crippen LogP contribution in [0.25, 0.3) is 0 Å². The van der Waals surface area contributed by atoms with Gasteiger partial charge in [-0.05, 0) is 43.2 Å². The van der Waals surface area contributed by atoms with Crippen LogP contribution in [0, 0.1) is 5.82 Å². The molecule has 5 nitrogen and oxygen atoms in total. The molecule has 0 saturated heterocycles. The van der Waals surface area contributed by atoms with Gasteiger partial charge in [0, 0.05) is 5.69 Å². The fourth-order valence-electron chi connectivity index (χ4n) is 2.61. The van der Waals surface area contributed by atoms with Crippen LogP contribution in [0.15, 0.2) is 42.5 Å². The summed E-state index contributed by atoms with van der Waals surface area (Å²) in [5, 5.41) is 5.69. The summed E-state index contributed by atoms with van der Waals surface area (Å²) in [4.78, 5) is 25.5. The number of likely N-dealkylation sites (N-methyl/N-ethyl adjacent to an activating group) is 1. The summed E-state index contributed by atoms with van der Waals surface area (Å²) in [6, 6.07) is 10.9. The second-order valence-corrected chi connectivity index (χ2v) is 6.82. The summed E-state index contributed by atoms with van der Waals surface area (Å²) in [5.41, 5.74) is 2.18. The third-order valence-electron chi connectivity index (χ3n) is 4.43. The number of benzene rings is 2. The van der Waals surface area contributed by atoms with Crippen molar-refractivity contribution in [3.63, 3.8) is 0 Å². The Labute approximate surface area is 163 Å². The van der Waals surface area contributed by atoms with Crippen molar-refractivity contribution in [2.45, 2.75) is 26.3 Å². The zero-order valence-corrected chi connectivity index (χ0v) is 16.4. The van der Waals surface area contributed by atoms with Crippen LogP contribution in [0.2, 0.25) is 5.02 Å². The van der Waals surface area contributed by atoms with Gasteiger partial charge in [0.1, 0.15) is 5.82 Å². The van der Waals surface area contributed by atoms with Gasteiger partial charge in [0.15, 0.2) is 12.6 Å². The van der Waals surface area contributed by atoms with Crippen molar-refractivity contribution in [1.82, 2.24) is 0 Å². The molecule has 0 saturated carbocycles. The predicted octanol–water partition coefficient (Wildman–Crippen LogP) is 2.52. The molecule has 7 heteroatoms. The number of rotatable bonds is 7. The summed E-state index contributed by atoms with van der Waals surface area (Å²) in [5.74, 6) is -0.951. The molecule has 0 spiro atoms. The molecule has 2 aromatic carbocycles. The zero-order chi connectivity index (χ0) is 20.0. The van der Waals surface area contributed by atoms with Gasteiger partial charge in [-0.25, -0.2) is 4.39 Å². The van der Waals surface area contributed by atoms with Gasteiger partial charge in [0.05, 0.1) is 17.8 Å². The topological polar surface area (TPSA) is 62.6 Å². The number of carbonyl (C=O) groups excluding carboxylic acids is 2. The van der Waals surface area contributed by atoms with Crippen LogP contribution in [0.1, 0.15) is 19.4 Å². The lowest BCUT2D eigenvalue weighted by molar-refractivity contribution is -0.885. The van der Waals surface area contributed by atoms with Gasteiger partial charge in [-0.1, -0.05) is 36.7 Å². The number of aryl methyl sites for hydroxylation is 1. The first-order chi connectivity index (χ1) is 12.8. The van der Waals surface area contributed by atoms with E-state index in [9.17, 15) is 14.0 Å². The Hall–Kier alpha value is -2.44. The molecule has 27 heavy (non-hydrogen) atoms. The third-order valence-corrected chi connectivity index (χ3v) is 4.75. The Morgan fingerprint density at radius 3 is 2.52 bits per heavy atom. The second kappa shape index (κ2) is 9.48. The molecule has 0 aliphatic rings. The lowest BCUT2D eigenvalue weighted by Crippen LogP contribution is -3.14. The molecule has 2 aromatic rings. The minimum atomic E-state index is -0.502. The quantitative estimate of drug-likeness (QED) is 0.678. The Bertz CT molecular complexity index is 829. The number of hydrogen-bond acceptors (Lipinski definition) is 2. The number of quaternary nitrogens is 1. The summed E-state index contributed by atoms with van der Waals surface area (Å²) in [7, 11) is 1.77. The molecule has 0 radical (unpaired) electrons. The summed E-state index contributed by atoms with van der Waals surface area (Å²) in [6.45, 7) is 3.87. The van der Waals surface area contributed by atoms with Crippen LogP contribution in [0.4, 0.5) is 15.8 Å². The van der Waals surface area contributed by atoms with E-state index in [1.54, 1.807) is 14.0 Å². The first-order valence-electron chi connectivity index (χ1n) is 8.77. The van der Waals surface area contributed by atoms with Crippen molar-refractivity contribution in [1.29, 1.82) is 0 Å². The standard InChI is InChI=1S/C20H23ClFN3O2/c1-4-14-7-5-6-8-17(14)23-19(26)12-25(3)13(2)20(27)24-18-10-9-15(22)11-16(18)21/h5-11,13H,4,12H2,1-3H3,(H,23,26)(H,24,27)/p+1/t13-/m1/s1. The van der Waals surface area contributed by atoms with Gasteiger partial charge >= 0.3 is 0 Å². The van der Waals surface area contributed by atoms with E-state index in [0.29, 0.717) is 5.69 Å². The molecule has 0 aliphatic carbocycles. The molecule has 2 amide bonds. The van der Waals surface area contributed by atoms with Crippen molar-refractivity contribution >= 4 is 34.8 Å².